The first-order valence-electron chi connectivity index (χ1n) is 4.03. The molecule has 0 aliphatic carbocycles. The van der Waals surface area contributed by atoms with E-state index in [-0.39, 0.29) is 0 Å². The van der Waals surface area contributed by atoms with Gasteiger partial charge in [-0.25, -0.2) is 14.8 Å². The number of urea groups is 1. The molecule has 7 nitrogen and oxygen atoms in total. The first-order valence-corrected chi connectivity index (χ1v) is 4.03. The van der Waals surface area contributed by atoms with Crippen LogP contribution in [0.5, 0.6) is 0 Å². The van der Waals surface area contributed by atoms with Gasteiger partial charge in [-0.2, -0.15) is 0 Å². The van der Waals surface area contributed by atoms with Gasteiger partial charge in [-0.05, 0) is 0 Å². The van der Waals surface area contributed by atoms with Crippen LogP contribution in [0.1, 0.15) is 0 Å². The molecule has 0 fully saturated rings. The Bertz CT molecular complexity index is 315. The summed E-state index contributed by atoms with van der Waals surface area (Å²) in [6, 6.07) is 1.05. The molecule has 2 amide bonds. The average molecular weight is 196 g/mol. The third-order valence-electron chi connectivity index (χ3n) is 1.42. The summed E-state index contributed by atoms with van der Waals surface area (Å²) < 4.78 is 0. The van der Waals surface area contributed by atoms with E-state index in [2.05, 4.69) is 20.6 Å². The van der Waals surface area contributed by atoms with Crippen LogP contribution in [0.2, 0.25) is 0 Å². The van der Waals surface area contributed by atoms with E-state index in [0.29, 0.717) is 24.7 Å². The highest BCUT2D eigenvalue weighted by molar-refractivity contribution is 5.71. The van der Waals surface area contributed by atoms with Crippen molar-refractivity contribution in [1.82, 2.24) is 15.3 Å². The molecule has 0 saturated carbocycles. The zero-order valence-electron chi connectivity index (χ0n) is 7.53. The Morgan fingerprint density at radius 2 is 2.21 bits per heavy atom. The molecule has 1 rings (SSSR count). The quantitative estimate of drug-likeness (QED) is 0.467. The Labute approximate surface area is 80.9 Å². The molecule has 0 radical (unpaired) electrons. The third kappa shape index (κ3) is 3.57. The summed E-state index contributed by atoms with van der Waals surface area (Å²) in [5.74, 6) is 1.01. The molecule has 0 aliphatic heterocycles. The van der Waals surface area contributed by atoms with Gasteiger partial charge >= 0.3 is 6.03 Å². The lowest BCUT2D eigenvalue weighted by molar-refractivity contribution is 0.249. The molecule has 1 aromatic heterocycles. The zero-order valence-corrected chi connectivity index (χ0v) is 7.53. The maximum Gasteiger partial charge on any atom is 0.312 e. The minimum absolute atomic E-state index is 0.394. The number of hydrogen-bond donors (Lipinski definition) is 4. The Morgan fingerprint density at radius 1 is 1.43 bits per heavy atom. The van der Waals surface area contributed by atoms with E-state index in [1.54, 1.807) is 6.07 Å². The van der Waals surface area contributed by atoms with Gasteiger partial charge in [-0.1, -0.05) is 0 Å². The highest BCUT2D eigenvalue weighted by atomic mass is 16.2. The first-order chi connectivity index (χ1) is 6.68. The summed E-state index contributed by atoms with van der Waals surface area (Å²) in [7, 11) is 0. The highest BCUT2D eigenvalue weighted by Crippen LogP contribution is 2.03. The summed E-state index contributed by atoms with van der Waals surface area (Å²) in [5, 5.41) is 5.37. The van der Waals surface area contributed by atoms with Gasteiger partial charge in [0.2, 0.25) is 0 Å². The van der Waals surface area contributed by atoms with Gasteiger partial charge in [0.25, 0.3) is 0 Å². The summed E-state index contributed by atoms with van der Waals surface area (Å²) >= 11 is 0. The second-order valence-corrected chi connectivity index (χ2v) is 2.55. The predicted octanol–water partition coefficient (Wildman–Crippen LogP) is -0.861. The fraction of sp³-hybridized carbons (Fsp3) is 0.286. The molecule has 76 valence electrons. The Morgan fingerprint density at radius 3 is 2.86 bits per heavy atom. The largest absolute Gasteiger partial charge is 0.384 e. The van der Waals surface area contributed by atoms with Gasteiger partial charge < -0.3 is 22.1 Å². The van der Waals surface area contributed by atoms with E-state index in [4.69, 9.17) is 11.5 Å². The van der Waals surface area contributed by atoms with Gasteiger partial charge in [0.05, 0.1) is 0 Å². The molecule has 6 N–H and O–H groups in total. The molecule has 0 saturated heterocycles. The predicted molar refractivity (Wildman–Crippen MR) is 52.5 cm³/mol. The minimum Gasteiger partial charge on any atom is -0.384 e. The lowest BCUT2D eigenvalue weighted by Gasteiger charge is -2.05. The number of primary amides is 1. The average Bonchev–Trinajstić information content (AvgIpc) is 2.12. The zero-order chi connectivity index (χ0) is 10.4. The van der Waals surface area contributed by atoms with E-state index < -0.39 is 6.03 Å². The Kier molecular flexibility index (Phi) is 3.48. The van der Waals surface area contributed by atoms with E-state index in [0.717, 1.165) is 0 Å². The number of nitrogen functional groups attached to an aromatic ring is 1. The van der Waals surface area contributed by atoms with Crippen molar-refractivity contribution >= 4 is 17.7 Å². The van der Waals surface area contributed by atoms with E-state index in [1.807, 2.05) is 0 Å². The summed E-state index contributed by atoms with van der Waals surface area (Å²) in [6.07, 6.45) is 1.36. The summed E-state index contributed by atoms with van der Waals surface area (Å²) in [6.45, 7) is 0.957. The van der Waals surface area contributed by atoms with Crippen LogP contribution in [0.25, 0.3) is 0 Å². The second kappa shape index (κ2) is 4.85. The number of aromatic nitrogens is 2. The van der Waals surface area contributed by atoms with Gasteiger partial charge in [-0.3, -0.25) is 0 Å². The number of nitrogens with one attached hydrogen (secondary N) is 2. The van der Waals surface area contributed by atoms with Crippen LogP contribution in [0.4, 0.5) is 16.4 Å². The molecule has 0 bridgehead atoms. The lowest BCUT2D eigenvalue weighted by Crippen LogP contribution is -2.33. The molecule has 1 heterocycles. The van der Waals surface area contributed by atoms with Crippen molar-refractivity contribution < 1.29 is 4.79 Å². The molecule has 1 aromatic rings. The number of anilines is 2. The molecule has 0 unspecified atom stereocenters. The number of rotatable bonds is 4. The molecule has 7 heteroatoms. The molecule has 0 aliphatic rings. The van der Waals surface area contributed by atoms with Crippen LogP contribution in [-0.4, -0.2) is 29.1 Å². The van der Waals surface area contributed by atoms with E-state index in [9.17, 15) is 4.79 Å². The van der Waals surface area contributed by atoms with Crippen molar-refractivity contribution in [3.8, 4) is 0 Å². The van der Waals surface area contributed by atoms with Crippen LogP contribution >= 0.6 is 0 Å². The Hall–Kier alpha value is -2.05. The molecule has 0 spiro atoms. The van der Waals surface area contributed by atoms with Crippen molar-refractivity contribution in [2.24, 2.45) is 5.73 Å². The Balaban J connectivity index is 2.28. The minimum atomic E-state index is -0.547. The number of nitrogens with two attached hydrogens (primary N) is 2. The highest BCUT2D eigenvalue weighted by Gasteiger charge is 1.94. The standard InChI is InChI=1S/C7H12N6O/c8-5-3-6(13-4-12-5)10-1-2-11-7(9)14/h3-4H,1-2H2,(H3,9,11,14)(H3,8,10,12,13). The molecular weight excluding hydrogens is 184 g/mol. The normalized spacial score (nSPS) is 9.43. The molecular formula is C7H12N6O. The number of amides is 2. The molecule has 14 heavy (non-hydrogen) atoms. The van der Waals surface area contributed by atoms with E-state index >= 15 is 0 Å². The van der Waals surface area contributed by atoms with Gasteiger partial charge in [0, 0.05) is 19.2 Å². The SMILES string of the molecule is NC(=O)NCCNc1cc(N)ncn1. The molecule has 0 aromatic carbocycles. The number of carbonyl (C=O) groups excluding carboxylic acids is 1. The fourth-order valence-corrected chi connectivity index (χ4v) is 0.845. The third-order valence-corrected chi connectivity index (χ3v) is 1.42. The summed E-state index contributed by atoms with van der Waals surface area (Å²) in [5.41, 5.74) is 10.3. The number of hydrogen-bond acceptors (Lipinski definition) is 5. The monoisotopic (exact) mass is 196 g/mol. The van der Waals surface area contributed by atoms with Gasteiger partial charge in [0.1, 0.15) is 18.0 Å². The number of nitrogens with zero attached hydrogens (tertiary/aromatic N) is 2. The van der Waals surface area contributed by atoms with Crippen LogP contribution in [0, 0.1) is 0 Å². The van der Waals surface area contributed by atoms with Crippen LogP contribution in [-0.2, 0) is 0 Å². The molecule has 0 atom stereocenters. The second-order valence-electron chi connectivity index (χ2n) is 2.55. The van der Waals surface area contributed by atoms with Crippen LogP contribution < -0.4 is 22.1 Å². The van der Waals surface area contributed by atoms with Crippen molar-refractivity contribution in [2.75, 3.05) is 24.1 Å². The van der Waals surface area contributed by atoms with Gasteiger partial charge in [0.15, 0.2) is 0 Å². The van der Waals surface area contributed by atoms with Crippen molar-refractivity contribution in [3.05, 3.63) is 12.4 Å². The van der Waals surface area contributed by atoms with Crippen molar-refractivity contribution in [3.63, 3.8) is 0 Å². The van der Waals surface area contributed by atoms with Crippen molar-refractivity contribution in [2.45, 2.75) is 0 Å². The van der Waals surface area contributed by atoms with Crippen LogP contribution in [0.15, 0.2) is 12.4 Å². The summed E-state index contributed by atoms with van der Waals surface area (Å²) in [4.78, 5) is 17.9. The van der Waals surface area contributed by atoms with Crippen molar-refractivity contribution in [1.29, 1.82) is 0 Å². The lowest BCUT2D eigenvalue weighted by atomic mass is 10.5. The fourth-order valence-electron chi connectivity index (χ4n) is 0.845. The van der Waals surface area contributed by atoms with Gasteiger partial charge in [-0.15, -0.1) is 0 Å². The topological polar surface area (TPSA) is 119 Å². The first kappa shape index (κ1) is 10.0. The van der Waals surface area contributed by atoms with E-state index in [1.165, 1.54) is 6.33 Å². The van der Waals surface area contributed by atoms with Crippen LogP contribution in [0.3, 0.4) is 0 Å². The maximum atomic E-state index is 10.3. The number of carbonyl (C=O) groups is 1. The smallest absolute Gasteiger partial charge is 0.312 e. The maximum absolute atomic E-state index is 10.3.